The van der Waals surface area contributed by atoms with Crippen LogP contribution < -0.4 is 0 Å². The Kier molecular flexibility index (Phi) is 36.9. The first-order valence-corrected chi connectivity index (χ1v) is 21.5. The van der Waals surface area contributed by atoms with Gasteiger partial charge in [-0.15, -0.1) is 6.58 Å². The first kappa shape index (κ1) is 48.1. The van der Waals surface area contributed by atoms with Crippen molar-refractivity contribution in [1.29, 1.82) is 0 Å². The second-order valence-corrected chi connectivity index (χ2v) is 14.8. The van der Waals surface area contributed by atoms with E-state index in [9.17, 15) is 9.59 Å². The fourth-order valence-electron chi connectivity index (χ4n) is 6.72. The fourth-order valence-corrected chi connectivity index (χ4v) is 6.72. The maximum absolute atomic E-state index is 13.8. The highest BCUT2D eigenvalue weighted by Crippen LogP contribution is 2.22. The van der Waals surface area contributed by atoms with Crippen LogP contribution in [0.3, 0.4) is 0 Å². The molecule has 0 fully saturated rings. The van der Waals surface area contributed by atoms with Gasteiger partial charge in [-0.05, 0) is 105 Å². The van der Waals surface area contributed by atoms with Crippen LogP contribution in [-0.4, -0.2) is 61.5 Å². The van der Waals surface area contributed by atoms with Gasteiger partial charge < -0.3 is 14.5 Å². The van der Waals surface area contributed by atoms with Gasteiger partial charge in [-0.1, -0.05) is 134 Å². The zero-order valence-electron chi connectivity index (χ0n) is 33.9. The van der Waals surface area contributed by atoms with Crippen LogP contribution in [0.2, 0.25) is 0 Å². The van der Waals surface area contributed by atoms with Crippen LogP contribution in [-0.2, 0) is 14.3 Å². The lowest BCUT2D eigenvalue weighted by atomic mass is 9.97. The lowest BCUT2D eigenvalue weighted by molar-refractivity contribution is -0.143. The minimum Gasteiger partial charge on any atom is -0.466 e. The second kappa shape index (κ2) is 38.4. The van der Waals surface area contributed by atoms with Crippen molar-refractivity contribution in [2.24, 2.45) is 0 Å². The van der Waals surface area contributed by atoms with Gasteiger partial charge in [0, 0.05) is 25.4 Å². The summed E-state index contributed by atoms with van der Waals surface area (Å²) in [7, 11) is 4.26. The first-order valence-electron chi connectivity index (χ1n) is 21.5. The van der Waals surface area contributed by atoms with E-state index >= 15 is 0 Å². The lowest BCUT2D eigenvalue weighted by Crippen LogP contribution is -2.41. The number of nitrogens with zero attached hydrogens (tertiary/aromatic N) is 2. The predicted molar refractivity (Wildman–Crippen MR) is 219 cm³/mol. The maximum Gasteiger partial charge on any atom is 0.305 e. The number of carbonyl (C=O) groups is 2. The molecule has 0 bridgehead atoms. The molecule has 0 aromatic carbocycles. The number of allylic oxidation sites excluding steroid dienone is 5. The minimum absolute atomic E-state index is 0.0883. The van der Waals surface area contributed by atoms with Crippen molar-refractivity contribution < 1.29 is 14.3 Å². The van der Waals surface area contributed by atoms with Gasteiger partial charge in [-0.25, -0.2) is 0 Å². The zero-order chi connectivity index (χ0) is 36.8. The normalized spacial score (nSPS) is 12.3. The van der Waals surface area contributed by atoms with E-state index in [-0.39, 0.29) is 5.97 Å². The molecular formula is C45H84N2O3. The van der Waals surface area contributed by atoms with Crippen molar-refractivity contribution in [3.8, 4) is 0 Å². The first-order chi connectivity index (χ1) is 24.5. The van der Waals surface area contributed by atoms with E-state index in [1.54, 1.807) is 0 Å². The number of amides is 1. The van der Waals surface area contributed by atoms with Crippen molar-refractivity contribution in [2.45, 2.75) is 206 Å². The molecule has 0 rings (SSSR count). The number of rotatable bonds is 38. The van der Waals surface area contributed by atoms with Gasteiger partial charge in [0.05, 0.1) is 6.61 Å². The highest BCUT2D eigenvalue weighted by atomic mass is 16.5. The standard InChI is InChI=1S/C45H84N2O3/c1-6-9-11-13-15-17-18-19-20-21-22-23-24-26-29-33-38-43(37-32-28-25-16-14-12-10-7-2)47(42-36-41-46(4)5)44(48)39-34-30-27-31-35-40-45(49)50-8-3/h7,15,17,19-20,43H,2,6,8-14,16,18,21-42H2,1,3-5H3/b17-15-,20-19-. The summed E-state index contributed by atoms with van der Waals surface area (Å²) >= 11 is 0. The molecule has 0 aromatic rings. The summed E-state index contributed by atoms with van der Waals surface area (Å²) in [6, 6.07) is 0.376. The van der Waals surface area contributed by atoms with Gasteiger partial charge in [0.15, 0.2) is 0 Å². The molecule has 5 heteroatoms. The van der Waals surface area contributed by atoms with Crippen LogP contribution in [0.1, 0.15) is 200 Å². The smallest absolute Gasteiger partial charge is 0.305 e. The largest absolute Gasteiger partial charge is 0.466 e. The van der Waals surface area contributed by atoms with Crippen LogP contribution in [0, 0.1) is 0 Å². The summed E-state index contributed by atoms with van der Waals surface area (Å²) in [6.07, 6.45) is 45.0. The van der Waals surface area contributed by atoms with Gasteiger partial charge in [0.2, 0.25) is 5.91 Å². The summed E-state index contributed by atoms with van der Waals surface area (Å²) < 4.78 is 5.04. The molecular weight excluding hydrogens is 617 g/mol. The Balaban J connectivity index is 4.79. The lowest BCUT2D eigenvalue weighted by Gasteiger charge is -2.33. The average molecular weight is 701 g/mol. The number of ether oxygens (including phenoxy) is 1. The number of hydrogen-bond donors (Lipinski definition) is 0. The Morgan fingerprint density at radius 1 is 0.580 bits per heavy atom. The molecule has 5 nitrogen and oxygen atoms in total. The number of hydrogen-bond acceptors (Lipinski definition) is 4. The number of unbranched alkanes of at least 4 members (excludes halogenated alkanes) is 19. The molecule has 0 heterocycles. The molecule has 292 valence electrons. The quantitative estimate of drug-likeness (QED) is 0.0365. The summed E-state index contributed by atoms with van der Waals surface area (Å²) in [5.74, 6) is 0.277. The van der Waals surface area contributed by atoms with Crippen LogP contribution >= 0.6 is 0 Å². The SMILES string of the molecule is C=CCCCCCCCCC(CCCCCCCC/C=C\C/C=C\CCCCC)N(CCCN(C)C)C(=O)CCCCCCCC(=O)OCC. The third kappa shape index (κ3) is 33.3. The molecule has 0 aliphatic carbocycles. The topological polar surface area (TPSA) is 49.9 Å². The van der Waals surface area contributed by atoms with E-state index in [0.29, 0.717) is 31.4 Å². The van der Waals surface area contributed by atoms with Crippen molar-refractivity contribution in [1.82, 2.24) is 9.80 Å². The number of carbonyl (C=O) groups excluding carboxylic acids is 2. The Morgan fingerprint density at radius 3 is 1.62 bits per heavy atom. The molecule has 0 aliphatic heterocycles. The minimum atomic E-state index is -0.0883. The van der Waals surface area contributed by atoms with Crippen molar-refractivity contribution in [2.75, 3.05) is 33.8 Å². The Labute approximate surface area is 312 Å². The summed E-state index contributed by atoms with van der Waals surface area (Å²) in [5.41, 5.74) is 0. The molecule has 0 aromatic heterocycles. The second-order valence-electron chi connectivity index (χ2n) is 14.8. The predicted octanol–water partition coefficient (Wildman–Crippen LogP) is 12.9. The van der Waals surface area contributed by atoms with Crippen LogP contribution in [0.15, 0.2) is 37.0 Å². The monoisotopic (exact) mass is 701 g/mol. The molecule has 0 radical (unpaired) electrons. The highest BCUT2D eigenvalue weighted by molar-refractivity contribution is 5.76. The van der Waals surface area contributed by atoms with Gasteiger partial charge in [-0.2, -0.15) is 0 Å². The van der Waals surface area contributed by atoms with E-state index in [1.165, 1.54) is 109 Å². The third-order valence-electron chi connectivity index (χ3n) is 9.78. The van der Waals surface area contributed by atoms with Crippen molar-refractivity contribution in [3.05, 3.63) is 37.0 Å². The molecule has 0 saturated heterocycles. The van der Waals surface area contributed by atoms with E-state index < -0.39 is 0 Å². The van der Waals surface area contributed by atoms with Crippen LogP contribution in [0.4, 0.5) is 0 Å². The van der Waals surface area contributed by atoms with E-state index in [4.69, 9.17) is 4.74 Å². The average Bonchev–Trinajstić information content (AvgIpc) is 3.09. The number of esters is 1. The van der Waals surface area contributed by atoms with Crippen molar-refractivity contribution >= 4 is 11.9 Å². The Morgan fingerprint density at radius 2 is 1.08 bits per heavy atom. The molecule has 1 amide bonds. The van der Waals surface area contributed by atoms with Gasteiger partial charge in [0.25, 0.3) is 0 Å². The molecule has 0 N–H and O–H groups in total. The summed E-state index contributed by atoms with van der Waals surface area (Å²) in [6.45, 7) is 10.3. The zero-order valence-corrected chi connectivity index (χ0v) is 33.9. The fraction of sp³-hybridized carbons (Fsp3) is 0.822. The van der Waals surface area contributed by atoms with Crippen molar-refractivity contribution in [3.63, 3.8) is 0 Å². The van der Waals surface area contributed by atoms with Gasteiger partial charge >= 0.3 is 5.97 Å². The van der Waals surface area contributed by atoms with E-state index in [1.807, 2.05) is 13.0 Å². The van der Waals surface area contributed by atoms with Gasteiger partial charge in [0.1, 0.15) is 0 Å². The molecule has 1 atom stereocenters. The summed E-state index contributed by atoms with van der Waals surface area (Å²) in [5, 5.41) is 0. The Hall–Kier alpha value is -1.88. The van der Waals surface area contributed by atoms with E-state index in [0.717, 1.165) is 77.3 Å². The van der Waals surface area contributed by atoms with Crippen LogP contribution in [0.5, 0.6) is 0 Å². The molecule has 0 spiro atoms. The molecule has 0 saturated carbocycles. The highest BCUT2D eigenvalue weighted by Gasteiger charge is 2.22. The third-order valence-corrected chi connectivity index (χ3v) is 9.78. The maximum atomic E-state index is 13.8. The summed E-state index contributed by atoms with van der Waals surface area (Å²) in [4.78, 5) is 29.9. The molecule has 0 aliphatic rings. The van der Waals surface area contributed by atoms with Crippen LogP contribution in [0.25, 0.3) is 0 Å². The molecule has 1 unspecified atom stereocenters. The Bertz CT molecular complexity index is 821. The van der Waals surface area contributed by atoms with E-state index in [2.05, 4.69) is 61.7 Å². The van der Waals surface area contributed by atoms with Gasteiger partial charge in [-0.3, -0.25) is 9.59 Å². The molecule has 50 heavy (non-hydrogen) atoms.